The first-order valence-corrected chi connectivity index (χ1v) is 7.90. The second-order valence-electron chi connectivity index (χ2n) is 4.59. The molecule has 0 atom stereocenters. The van der Waals surface area contributed by atoms with Gasteiger partial charge in [0.05, 0.1) is 5.75 Å². The Morgan fingerprint density at radius 2 is 2.15 bits per heavy atom. The van der Waals surface area contributed by atoms with Crippen LogP contribution < -0.4 is 10.5 Å². The fourth-order valence-electron chi connectivity index (χ4n) is 1.93. The van der Waals surface area contributed by atoms with Gasteiger partial charge in [-0.2, -0.15) is 5.10 Å². The molecule has 0 radical (unpaired) electrons. The van der Waals surface area contributed by atoms with Gasteiger partial charge in [0.2, 0.25) is 10.0 Å². The molecule has 0 bridgehead atoms. The number of nitrogen functional groups attached to an aromatic ring is 1. The normalized spacial score (nSPS) is 11.7. The van der Waals surface area contributed by atoms with Crippen molar-refractivity contribution in [1.82, 2.24) is 14.5 Å². The number of anilines is 1. The number of hydrogen-bond acceptors (Lipinski definition) is 4. The SMILES string of the molecule is Cn1nccc1CCNS(=O)(=O)Cc1cccc(N)c1. The van der Waals surface area contributed by atoms with E-state index in [4.69, 9.17) is 5.73 Å². The van der Waals surface area contributed by atoms with Gasteiger partial charge in [0, 0.05) is 37.6 Å². The Morgan fingerprint density at radius 1 is 1.35 bits per heavy atom. The topological polar surface area (TPSA) is 90.0 Å². The molecule has 0 aliphatic rings. The Kier molecular flexibility index (Phi) is 4.41. The average molecular weight is 294 g/mol. The molecule has 0 unspecified atom stereocenters. The Hall–Kier alpha value is -1.86. The van der Waals surface area contributed by atoms with Gasteiger partial charge in [0.15, 0.2) is 0 Å². The van der Waals surface area contributed by atoms with Crippen LogP contribution >= 0.6 is 0 Å². The summed E-state index contributed by atoms with van der Waals surface area (Å²) in [6.45, 7) is 0.351. The minimum absolute atomic E-state index is 0.0660. The molecule has 7 heteroatoms. The number of aromatic nitrogens is 2. The van der Waals surface area contributed by atoms with E-state index in [0.717, 1.165) is 5.69 Å². The maximum Gasteiger partial charge on any atom is 0.215 e. The molecule has 1 aromatic carbocycles. The lowest BCUT2D eigenvalue weighted by Gasteiger charge is -2.07. The molecule has 0 aliphatic carbocycles. The highest BCUT2D eigenvalue weighted by molar-refractivity contribution is 7.88. The van der Waals surface area contributed by atoms with E-state index in [1.54, 1.807) is 35.1 Å². The molecule has 1 heterocycles. The molecule has 1 aromatic heterocycles. The van der Waals surface area contributed by atoms with Crippen molar-refractivity contribution >= 4 is 15.7 Å². The van der Waals surface area contributed by atoms with Crippen LogP contribution in [0.25, 0.3) is 0 Å². The maximum absolute atomic E-state index is 12.0. The predicted octanol–water partition coefficient (Wildman–Crippen LogP) is 0.664. The van der Waals surface area contributed by atoms with E-state index in [9.17, 15) is 8.42 Å². The molecule has 6 nitrogen and oxygen atoms in total. The zero-order valence-corrected chi connectivity index (χ0v) is 12.1. The lowest BCUT2D eigenvalue weighted by Crippen LogP contribution is -2.27. The Morgan fingerprint density at radius 3 is 2.80 bits per heavy atom. The van der Waals surface area contributed by atoms with E-state index in [1.807, 2.05) is 13.1 Å². The second-order valence-corrected chi connectivity index (χ2v) is 6.40. The molecule has 2 aromatic rings. The third kappa shape index (κ3) is 4.07. The molecule has 0 fully saturated rings. The average Bonchev–Trinajstić information content (AvgIpc) is 2.74. The summed E-state index contributed by atoms with van der Waals surface area (Å²) in [5, 5.41) is 4.03. The number of benzene rings is 1. The van der Waals surface area contributed by atoms with Crippen molar-refractivity contribution in [3.63, 3.8) is 0 Å². The molecular weight excluding hydrogens is 276 g/mol. The van der Waals surface area contributed by atoms with Crippen LogP contribution in [-0.2, 0) is 29.2 Å². The van der Waals surface area contributed by atoms with E-state index >= 15 is 0 Å². The number of nitrogens with zero attached hydrogens (tertiary/aromatic N) is 2. The smallest absolute Gasteiger partial charge is 0.215 e. The number of hydrogen-bond donors (Lipinski definition) is 2. The van der Waals surface area contributed by atoms with Crippen LogP contribution in [-0.4, -0.2) is 24.7 Å². The molecule has 0 spiro atoms. The molecule has 0 amide bonds. The van der Waals surface area contributed by atoms with Crippen LogP contribution in [0.5, 0.6) is 0 Å². The summed E-state index contributed by atoms with van der Waals surface area (Å²) in [7, 11) is -1.52. The largest absolute Gasteiger partial charge is 0.399 e. The summed E-state index contributed by atoms with van der Waals surface area (Å²) in [5.74, 6) is -0.0660. The van der Waals surface area contributed by atoms with Crippen molar-refractivity contribution in [2.45, 2.75) is 12.2 Å². The van der Waals surface area contributed by atoms with E-state index < -0.39 is 10.0 Å². The summed E-state index contributed by atoms with van der Waals surface area (Å²) in [6, 6.07) is 8.75. The highest BCUT2D eigenvalue weighted by Gasteiger charge is 2.11. The van der Waals surface area contributed by atoms with Gasteiger partial charge in [-0.25, -0.2) is 13.1 Å². The van der Waals surface area contributed by atoms with E-state index in [-0.39, 0.29) is 5.75 Å². The van der Waals surface area contributed by atoms with Crippen molar-refractivity contribution < 1.29 is 8.42 Å². The minimum atomic E-state index is -3.35. The Balaban J connectivity index is 1.90. The number of nitrogens with one attached hydrogen (secondary N) is 1. The van der Waals surface area contributed by atoms with E-state index in [2.05, 4.69) is 9.82 Å². The van der Waals surface area contributed by atoms with Gasteiger partial charge >= 0.3 is 0 Å². The fourth-order valence-corrected chi connectivity index (χ4v) is 3.07. The molecule has 108 valence electrons. The first-order valence-electron chi connectivity index (χ1n) is 6.25. The number of aryl methyl sites for hydroxylation is 1. The highest BCUT2D eigenvalue weighted by Crippen LogP contribution is 2.09. The molecule has 2 rings (SSSR count). The predicted molar refractivity (Wildman–Crippen MR) is 78.4 cm³/mol. The zero-order valence-electron chi connectivity index (χ0n) is 11.3. The lowest BCUT2D eigenvalue weighted by molar-refractivity contribution is 0.579. The van der Waals surface area contributed by atoms with Gasteiger partial charge in [-0.05, 0) is 23.8 Å². The Bertz CT molecular complexity index is 679. The summed E-state index contributed by atoms with van der Waals surface area (Å²) < 4.78 is 28.2. The van der Waals surface area contributed by atoms with Crippen LogP contribution in [0.15, 0.2) is 36.5 Å². The summed E-state index contributed by atoms with van der Waals surface area (Å²) >= 11 is 0. The Labute approximate surface area is 118 Å². The molecule has 3 N–H and O–H groups in total. The number of nitrogens with two attached hydrogens (primary N) is 1. The van der Waals surface area contributed by atoms with Gasteiger partial charge < -0.3 is 5.73 Å². The van der Waals surface area contributed by atoms with Gasteiger partial charge in [0.25, 0.3) is 0 Å². The third-order valence-corrected chi connectivity index (χ3v) is 4.29. The van der Waals surface area contributed by atoms with Gasteiger partial charge in [-0.1, -0.05) is 12.1 Å². The van der Waals surface area contributed by atoms with Gasteiger partial charge in [-0.15, -0.1) is 0 Å². The molecule has 0 saturated heterocycles. The van der Waals surface area contributed by atoms with E-state index in [1.165, 1.54) is 0 Å². The van der Waals surface area contributed by atoms with Crippen molar-refractivity contribution in [2.24, 2.45) is 7.05 Å². The second kappa shape index (κ2) is 6.06. The van der Waals surface area contributed by atoms with Crippen molar-refractivity contribution in [3.8, 4) is 0 Å². The van der Waals surface area contributed by atoms with Gasteiger partial charge in [0.1, 0.15) is 0 Å². The summed E-state index contributed by atoms with van der Waals surface area (Å²) in [6.07, 6.45) is 2.29. The van der Waals surface area contributed by atoms with Crippen LogP contribution in [0.3, 0.4) is 0 Å². The first kappa shape index (κ1) is 14.5. The number of sulfonamides is 1. The van der Waals surface area contributed by atoms with E-state index in [0.29, 0.717) is 24.2 Å². The molecule has 0 aliphatic heterocycles. The molecule has 20 heavy (non-hydrogen) atoms. The van der Waals surface area contributed by atoms with Gasteiger partial charge in [-0.3, -0.25) is 4.68 Å². The first-order chi connectivity index (χ1) is 9.46. The fraction of sp³-hybridized carbons (Fsp3) is 0.308. The van der Waals surface area contributed by atoms with Crippen molar-refractivity contribution in [3.05, 3.63) is 47.8 Å². The van der Waals surface area contributed by atoms with Crippen LogP contribution in [0.4, 0.5) is 5.69 Å². The lowest BCUT2D eigenvalue weighted by atomic mass is 10.2. The summed E-state index contributed by atoms with van der Waals surface area (Å²) in [4.78, 5) is 0. The molecular formula is C13H18N4O2S. The number of rotatable bonds is 6. The highest BCUT2D eigenvalue weighted by atomic mass is 32.2. The van der Waals surface area contributed by atoms with Crippen LogP contribution in [0.2, 0.25) is 0 Å². The quantitative estimate of drug-likeness (QED) is 0.766. The monoisotopic (exact) mass is 294 g/mol. The van der Waals surface area contributed by atoms with Crippen molar-refractivity contribution in [1.29, 1.82) is 0 Å². The standard InChI is InChI=1S/C13H18N4O2S/c1-17-13(5-7-15-17)6-8-16-20(18,19)10-11-3-2-4-12(14)9-11/h2-5,7,9,16H,6,8,10,14H2,1H3. The zero-order chi connectivity index (χ0) is 14.6. The minimum Gasteiger partial charge on any atom is -0.399 e. The maximum atomic E-state index is 12.0. The third-order valence-electron chi connectivity index (χ3n) is 2.93. The van der Waals surface area contributed by atoms with Crippen LogP contribution in [0.1, 0.15) is 11.3 Å². The summed E-state index contributed by atoms with van der Waals surface area (Å²) in [5.41, 5.74) is 7.86. The van der Waals surface area contributed by atoms with Crippen LogP contribution in [0, 0.1) is 0 Å². The van der Waals surface area contributed by atoms with Crippen molar-refractivity contribution in [2.75, 3.05) is 12.3 Å². The molecule has 0 saturated carbocycles.